The molecule has 0 unspecified atom stereocenters. The molecule has 0 bridgehead atoms. The van der Waals surface area contributed by atoms with Gasteiger partial charge >= 0.3 is 0 Å². The average Bonchev–Trinajstić information content (AvgIpc) is 2.61. The lowest BCUT2D eigenvalue weighted by Crippen LogP contribution is -2.38. The van der Waals surface area contributed by atoms with Gasteiger partial charge in [-0.15, -0.1) is 0 Å². The van der Waals surface area contributed by atoms with Crippen LogP contribution in [0.1, 0.15) is 17.4 Å². The van der Waals surface area contributed by atoms with Gasteiger partial charge in [0.15, 0.2) is 0 Å². The van der Waals surface area contributed by atoms with Crippen LogP contribution in [0.4, 0.5) is 5.69 Å². The summed E-state index contributed by atoms with van der Waals surface area (Å²) in [6.45, 7) is 1.93. The monoisotopic (exact) mass is 381 g/mol. The third-order valence-corrected chi connectivity index (χ3v) is 3.89. The van der Waals surface area contributed by atoms with Crippen molar-refractivity contribution in [1.29, 1.82) is 0 Å². The van der Waals surface area contributed by atoms with E-state index in [-0.39, 0.29) is 28.3 Å². The van der Waals surface area contributed by atoms with Crippen molar-refractivity contribution < 1.29 is 14.3 Å². The molecule has 0 aliphatic carbocycles. The van der Waals surface area contributed by atoms with Gasteiger partial charge in [-0.1, -0.05) is 29.3 Å². The largest absolute Gasteiger partial charge is 0.497 e. The van der Waals surface area contributed by atoms with Crippen molar-refractivity contribution in [2.24, 2.45) is 0 Å². The van der Waals surface area contributed by atoms with E-state index in [0.29, 0.717) is 18.0 Å². The van der Waals surface area contributed by atoms with Crippen molar-refractivity contribution in [2.45, 2.75) is 6.92 Å². The van der Waals surface area contributed by atoms with Crippen LogP contribution in [0.15, 0.2) is 36.4 Å². The van der Waals surface area contributed by atoms with Gasteiger partial charge in [0, 0.05) is 18.3 Å². The number of aromatic nitrogens is 1. The average molecular weight is 382 g/mol. The molecular formula is C17H17Cl2N3O3. The molecule has 1 aromatic heterocycles. The van der Waals surface area contributed by atoms with E-state index in [2.05, 4.69) is 10.3 Å². The molecule has 0 saturated heterocycles. The Kier molecular flexibility index (Phi) is 6.61. The smallest absolute Gasteiger partial charge is 0.274 e. The second-order valence-corrected chi connectivity index (χ2v) is 5.86. The van der Waals surface area contributed by atoms with Crippen molar-refractivity contribution in [2.75, 3.05) is 25.5 Å². The Morgan fingerprint density at radius 1 is 1.24 bits per heavy atom. The molecule has 8 heteroatoms. The van der Waals surface area contributed by atoms with Gasteiger partial charge in [-0.25, -0.2) is 4.98 Å². The summed E-state index contributed by atoms with van der Waals surface area (Å²) in [5, 5.41) is 3.06. The van der Waals surface area contributed by atoms with Crippen LogP contribution in [0, 0.1) is 0 Å². The Bertz CT molecular complexity index is 783. The Morgan fingerprint density at radius 2 is 2.00 bits per heavy atom. The number of halogens is 2. The van der Waals surface area contributed by atoms with Crippen LogP contribution in [0.2, 0.25) is 10.2 Å². The van der Waals surface area contributed by atoms with Crippen molar-refractivity contribution >= 4 is 40.7 Å². The molecule has 132 valence electrons. The molecule has 2 rings (SSSR count). The molecule has 1 heterocycles. The summed E-state index contributed by atoms with van der Waals surface area (Å²) in [4.78, 5) is 30.1. The van der Waals surface area contributed by atoms with Gasteiger partial charge in [-0.3, -0.25) is 9.59 Å². The number of nitrogens with zero attached hydrogens (tertiary/aromatic N) is 2. The number of hydrogen-bond acceptors (Lipinski definition) is 4. The third-order valence-electron chi connectivity index (χ3n) is 3.37. The molecule has 2 aromatic rings. The fourth-order valence-corrected chi connectivity index (χ4v) is 2.45. The molecule has 2 amide bonds. The van der Waals surface area contributed by atoms with Crippen LogP contribution in [-0.2, 0) is 4.79 Å². The zero-order chi connectivity index (χ0) is 18.4. The van der Waals surface area contributed by atoms with Crippen LogP contribution in [0.3, 0.4) is 0 Å². The maximum atomic E-state index is 12.6. The number of benzene rings is 1. The Hall–Kier alpha value is -2.31. The van der Waals surface area contributed by atoms with E-state index in [0.717, 1.165) is 0 Å². The number of rotatable bonds is 6. The number of amides is 2. The van der Waals surface area contributed by atoms with Gasteiger partial charge in [0.25, 0.3) is 5.91 Å². The van der Waals surface area contributed by atoms with Crippen molar-refractivity contribution in [1.82, 2.24) is 9.88 Å². The number of hydrogen-bond donors (Lipinski definition) is 1. The van der Waals surface area contributed by atoms with Crippen LogP contribution >= 0.6 is 23.2 Å². The molecule has 0 spiro atoms. The Labute approximate surface area is 155 Å². The minimum atomic E-state index is -0.462. The molecule has 25 heavy (non-hydrogen) atoms. The maximum absolute atomic E-state index is 12.6. The third kappa shape index (κ3) is 5.08. The highest BCUT2D eigenvalue weighted by Gasteiger charge is 2.21. The summed E-state index contributed by atoms with van der Waals surface area (Å²) in [7, 11) is 1.54. The number of nitrogens with one attached hydrogen (secondary N) is 1. The first-order chi connectivity index (χ1) is 11.9. The zero-order valence-corrected chi connectivity index (χ0v) is 15.3. The number of likely N-dealkylation sites (N-methyl/N-ethyl adjacent to an activating group) is 1. The summed E-state index contributed by atoms with van der Waals surface area (Å²) in [6.07, 6.45) is 0. The van der Waals surface area contributed by atoms with Gasteiger partial charge in [-0.2, -0.15) is 0 Å². The Balaban J connectivity index is 2.08. The van der Waals surface area contributed by atoms with E-state index in [1.807, 2.05) is 0 Å². The van der Waals surface area contributed by atoms with E-state index >= 15 is 0 Å². The number of methoxy groups -OCH3 is 1. The normalized spacial score (nSPS) is 10.2. The molecule has 0 aliphatic heterocycles. The van der Waals surface area contributed by atoms with Crippen molar-refractivity contribution in [3.63, 3.8) is 0 Å². The highest BCUT2D eigenvalue weighted by atomic mass is 35.5. The van der Waals surface area contributed by atoms with E-state index in [1.54, 1.807) is 38.3 Å². The fraction of sp³-hybridized carbons (Fsp3) is 0.235. The van der Waals surface area contributed by atoms with Gasteiger partial charge in [0.05, 0.1) is 12.1 Å². The maximum Gasteiger partial charge on any atom is 0.274 e. The van der Waals surface area contributed by atoms with Gasteiger partial charge in [0.1, 0.15) is 23.1 Å². The number of ether oxygens (including phenoxy) is 1. The van der Waals surface area contributed by atoms with E-state index < -0.39 is 5.91 Å². The number of pyridine rings is 1. The fourth-order valence-electron chi connectivity index (χ4n) is 2.12. The molecule has 6 nitrogen and oxygen atoms in total. The highest BCUT2D eigenvalue weighted by molar-refractivity contribution is 6.34. The number of anilines is 1. The van der Waals surface area contributed by atoms with Crippen LogP contribution in [-0.4, -0.2) is 41.9 Å². The second-order valence-electron chi connectivity index (χ2n) is 5.06. The summed E-state index contributed by atoms with van der Waals surface area (Å²) in [5.41, 5.74) is 0.594. The Morgan fingerprint density at radius 3 is 2.68 bits per heavy atom. The lowest BCUT2D eigenvalue weighted by atomic mass is 10.3. The summed E-state index contributed by atoms with van der Waals surface area (Å²) >= 11 is 11.8. The zero-order valence-electron chi connectivity index (χ0n) is 13.8. The van der Waals surface area contributed by atoms with E-state index in [9.17, 15) is 9.59 Å². The number of carbonyl (C=O) groups is 2. The highest BCUT2D eigenvalue weighted by Crippen LogP contribution is 2.19. The molecular weight excluding hydrogens is 365 g/mol. The van der Waals surface area contributed by atoms with Crippen molar-refractivity contribution in [3.8, 4) is 5.75 Å². The minimum absolute atomic E-state index is 0.0187. The first kappa shape index (κ1) is 19.0. The summed E-state index contributed by atoms with van der Waals surface area (Å²) in [6, 6.07) is 9.93. The van der Waals surface area contributed by atoms with Gasteiger partial charge in [0.2, 0.25) is 5.91 Å². The van der Waals surface area contributed by atoms with Gasteiger partial charge in [-0.05, 0) is 31.2 Å². The van der Waals surface area contributed by atoms with Crippen LogP contribution < -0.4 is 10.1 Å². The molecule has 0 atom stereocenters. The first-order valence-corrected chi connectivity index (χ1v) is 8.25. The summed E-state index contributed by atoms with van der Waals surface area (Å²) < 4.78 is 5.11. The van der Waals surface area contributed by atoms with Crippen molar-refractivity contribution in [3.05, 3.63) is 52.3 Å². The molecule has 0 fully saturated rings. The number of carbonyl (C=O) groups excluding carboxylic acids is 2. The van der Waals surface area contributed by atoms with Crippen LogP contribution in [0.25, 0.3) is 0 Å². The minimum Gasteiger partial charge on any atom is -0.497 e. The lowest BCUT2D eigenvalue weighted by molar-refractivity contribution is -0.116. The topological polar surface area (TPSA) is 71.5 Å². The quantitative estimate of drug-likeness (QED) is 0.777. The molecule has 0 saturated carbocycles. The van der Waals surface area contributed by atoms with E-state index in [1.165, 1.54) is 17.0 Å². The molecule has 0 aliphatic rings. The van der Waals surface area contributed by atoms with E-state index in [4.69, 9.17) is 27.9 Å². The molecule has 1 aromatic carbocycles. The first-order valence-electron chi connectivity index (χ1n) is 7.49. The predicted octanol–water partition coefficient (Wildman–Crippen LogP) is 3.50. The SMILES string of the molecule is CCN(CC(=O)Nc1cccc(OC)c1)C(=O)c1nc(Cl)ccc1Cl. The van der Waals surface area contributed by atoms with Crippen LogP contribution in [0.5, 0.6) is 5.75 Å². The van der Waals surface area contributed by atoms with Gasteiger partial charge < -0.3 is 15.0 Å². The summed E-state index contributed by atoms with van der Waals surface area (Å²) in [5.74, 6) is -0.187. The standard InChI is InChI=1S/C17H17Cl2N3O3/c1-3-22(17(24)16-13(18)7-8-14(19)21-16)10-15(23)20-11-5-4-6-12(9-11)25-2/h4-9H,3,10H2,1-2H3,(H,20,23). The molecule has 0 radical (unpaired) electrons. The lowest BCUT2D eigenvalue weighted by Gasteiger charge is -2.20. The molecule has 1 N–H and O–H groups in total. The second kappa shape index (κ2) is 8.69. The predicted molar refractivity (Wildman–Crippen MR) is 97.5 cm³/mol.